The summed E-state index contributed by atoms with van der Waals surface area (Å²) in [6, 6.07) is 0.148. The molecule has 6 heteroatoms. The molecule has 0 aromatic carbocycles. The Hall–Kier alpha value is -1.30. The zero-order valence-corrected chi connectivity index (χ0v) is 11.5. The molecule has 0 aromatic heterocycles. The topological polar surface area (TPSA) is 72.9 Å². The van der Waals surface area contributed by atoms with Gasteiger partial charge in [0.2, 0.25) is 0 Å². The Labute approximate surface area is 113 Å². The van der Waals surface area contributed by atoms with Gasteiger partial charge in [-0.2, -0.15) is 0 Å². The lowest BCUT2D eigenvalue weighted by Crippen LogP contribution is -2.53. The molecule has 1 heterocycles. The van der Waals surface area contributed by atoms with E-state index >= 15 is 0 Å². The van der Waals surface area contributed by atoms with Crippen molar-refractivity contribution in [1.82, 2.24) is 15.1 Å². The molecule has 2 amide bonds. The number of rotatable bonds is 2. The van der Waals surface area contributed by atoms with Gasteiger partial charge in [-0.1, -0.05) is 0 Å². The van der Waals surface area contributed by atoms with Gasteiger partial charge in [0.15, 0.2) is 0 Å². The predicted molar refractivity (Wildman–Crippen MR) is 71.0 cm³/mol. The van der Waals surface area contributed by atoms with Crippen LogP contribution >= 0.6 is 0 Å². The Morgan fingerprint density at radius 1 is 1.05 bits per heavy atom. The fourth-order valence-electron chi connectivity index (χ4n) is 2.76. The lowest BCUT2D eigenvalue weighted by Gasteiger charge is -2.34. The van der Waals surface area contributed by atoms with Gasteiger partial charge >= 0.3 is 12.0 Å². The monoisotopic (exact) mass is 269 g/mol. The number of carboxylic acids is 1. The molecule has 2 N–H and O–H groups in total. The average molecular weight is 269 g/mol. The summed E-state index contributed by atoms with van der Waals surface area (Å²) in [7, 11) is 2.06. The first-order valence-corrected chi connectivity index (χ1v) is 7.03. The molecule has 0 unspecified atom stereocenters. The zero-order valence-electron chi connectivity index (χ0n) is 11.5. The molecular weight excluding hydrogens is 246 g/mol. The molecule has 2 fully saturated rings. The first-order chi connectivity index (χ1) is 9.06. The van der Waals surface area contributed by atoms with E-state index in [1.807, 2.05) is 4.90 Å². The summed E-state index contributed by atoms with van der Waals surface area (Å²) in [4.78, 5) is 27.0. The Balaban J connectivity index is 1.73. The molecule has 2 aliphatic rings. The minimum atomic E-state index is -0.705. The van der Waals surface area contributed by atoms with Crippen LogP contribution in [0.25, 0.3) is 0 Å². The van der Waals surface area contributed by atoms with Crippen LogP contribution in [0.2, 0.25) is 0 Å². The summed E-state index contributed by atoms with van der Waals surface area (Å²) < 4.78 is 0. The van der Waals surface area contributed by atoms with Gasteiger partial charge in [-0.25, -0.2) is 4.79 Å². The molecular formula is C13H23N3O3. The van der Waals surface area contributed by atoms with Gasteiger partial charge in [-0.05, 0) is 32.7 Å². The maximum absolute atomic E-state index is 12.1. The van der Waals surface area contributed by atoms with Crippen LogP contribution in [0.1, 0.15) is 25.7 Å². The molecule has 6 nitrogen and oxygen atoms in total. The van der Waals surface area contributed by atoms with Crippen molar-refractivity contribution in [3.8, 4) is 0 Å². The van der Waals surface area contributed by atoms with Crippen molar-refractivity contribution in [3.05, 3.63) is 0 Å². The highest BCUT2D eigenvalue weighted by Gasteiger charge is 2.28. The third-order valence-corrected chi connectivity index (χ3v) is 4.19. The van der Waals surface area contributed by atoms with Crippen LogP contribution < -0.4 is 5.32 Å². The van der Waals surface area contributed by atoms with Crippen LogP contribution in [0.3, 0.4) is 0 Å². The number of carboxylic acid groups (broad SMARTS) is 1. The fourth-order valence-corrected chi connectivity index (χ4v) is 2.76. The summed E-state index contributed by atoms with van der Waals surface area (Å²) in [5.74, 6) is -0.930. The second-order valence-electron chi connectivity index (χ2n) is 5.63. The first kappa shape index (κ1) is 14.1. The maximum Gasteiger partial charge on any atom is 0.317 e. The normalized spacial score (nSPS) is 29.0. The van der Waals surface area contributed by atoms with Gasteiger partial charge in [0, 0.05) is 32.2 Å². The highest BCUT2D eigenvalue weighted by atomic mass is 16.4. The number of hydrogen-bond acceptors (Lipinski definition) is 3. The Morgan fingerprint density at radius 2 is 1.63 bits per heavy atom. The summed E-state index contributed by atoms with van der Waals surface area (Å²) in [6.07, 6.45) is 2.89. The van der Waals surface area contributed by atoms with E-state index in [-0.39, 0.29) is 18.0 Å². The summed E-state index contributed by atoms with van der Waals surface area (Å²) in [5, 5.41) is 12.0. The summed E-state index contributed by atoms with van der Waals surface area (Å²) >= 11 is 0. The standard InChI is InChI=1S/C13H23N3O3/c1-15-6-8-16(9-7-15)13(19)14-11-4-2-10(3-5-11)12(17)18/h10-11H,2-9H2,1H3,(H,14,19)(H,17,18). The number of nitrogens with one attached hydrogen (secondary N) is 1. The number of piperazine rings is 1. The highest BCUT2D eigenvalue weighted by Crippen LogP contribution is 2.24. The van der Waals surface area contributed by atoms with E-state index in [0.717, 1.165) is 39.0 Å². The third kappa shape index (κ3) is 3.83. The van der Waals surface area contributed by atoms with Gasteiger partial charge in [0.05, 0.1) is 5.92 Å². The van der Waals surface area contributed by atoms with E-state index < -0.39 is 5.97 Å². The number of amides is 2. The molecule has 0 aromatic rings. The smallest absolute Gasteiger partial charge is 0.317 e. The van der Waals surface area contributed by atoms with E-state index in [1.165, 1.54) is 0 Å². The SMILES string of the molecule is CN1CCN(C(=O)NC2CCC(C(=O)O)CC2)CC1. The summed E-state index contributed by atoms with van der Waals surface area (Å²) in [6.45, 7) is 3.37. The van der Waals surface area contributed by atoms with Crippen molar-refractivity contribution >= 4 is 12.0 Å². The zero-order chi connectivity index (χ0) is 13.8. The van der Waals surface area contributed by atoms with Gasteiger partial charge in [0.1, 0.15) is 0 Å². The minimum Gasteiger partial charge on any atom is -0.481 e. The van der Waals surface area contributed by atoms with Crippen molar-refractivity contribution < 1.29 is 14.7 Å². The van der Waals surface area contributed by atoms with Crippen LogP contribution in [0.4, 0.5) is 4.79 Å². The van der Waals surface area contributed by atoms with Crippen LogP contribution in [0, 0.1) is 5.92 Å². The molecule has 19 heavy (non-hydrogen) atoms. The van der Waals surface area contributed by atoms with E-state index in [9.17, 15) is 9.59 Å². The largest absolute Gasteiger partial charge is 0.481 e. The number of aliphatic carboxylic acids is 1. The van der Waals surface area contributed by atoms with Crippen LogP contribution in [0.5, 0.6) is 0 Å². The van der Waals surface area contributed by atoms with Gasteiger partial charge < -0.3 is 20.2 Å². The number of likely N-dealkylation sites (N-methyl/N-ethyl adjacent to an activating group) is 1. The van der Waals surface area contributed by atoms with E-state index in [0.29, 0.717) is 12.8 Å². The van der Waals surface area contributed by atoms with Crippen LogP contribution in [-0.2, 0) is 4.79 Å². The fraction of sp³-hybridized carbons (Fsp3) is 0.846. The molecule has 1 aliphatic heterocycles. The van der Waals surface area contributed by atoms with Gasteiger partial charge in [-0.15, -0.1) is 0 Å². The minimum absolute atomic E-state index is 0.00637. The molecule has 0 radical (unpaired) electrons. The van der Waals surface area contributed by atoms with Crippen molar-refractivity contribution in [2.24, 2.45) is 5.92 Å². The van der Waals surface area contributed by atoms with E-state index in [1.54, 1.807) is 0 Å². The van der Waals surface area contributed by atoms with Crippen LogP contribution in [-0.4, -0.2) is 66.2 Å². The molecule has 1 aliphatic carbocycles. The Kier molecular flexibility index (Phi) is 4.63. The van der Waals surface area contributed by atoms with Gasteiger partial charge in [0.25, 0.3) is 0 Å². The predicted octanol–water partition coefficient (Wildman–Crippen LogP) is 0.587. The first-order valence-electron chi connectivity index (χ1n) is 7.03. The molecule has 0 bridgehead atoms. The number of carbonyl (C=O) groups excluding carboxylic acids is 1. The van der Waals surface area contributed by atoms with Crippen LogP contribution in [0.15, 0.2) is 0 Å². The lowest BCUT2D eigenvalue weighted by atomic mass is 9.86. The van der Waals surface area contributed by atoms with Crippen molar-refractivity contribution in [2.45, 2.75) is 31.7 Å². The maximum atomic E-state index is 12.1. The Bertz CT molecular complexity index is 332. The number of hydrogen-bond donors (Lipinski definition) is 2. The number of nitrogens with zero attached hydrogens (tertiary/aromatic N) is 2. The Morgan fingerprint density at radius 3 is 2.16 bits per heavy atom. The molecule has 2 rings (SSSR count). The van der Waals surface area contributed by atoms with Crippen molar-refractivity contribution in [1.29, 1.82) is 0 Å². The van der Waals surface area contributed by atoms with E-state index in [2.05, 4.69) is 17.3 Å². The van der Waals surface area contributed by atoms with Gasteiger partial charge in [-0.3, -0.25) is 4.79 Å². The quantitative estimate of drug-likeness (QED) is 0.769. The number of urea groups is 1. The summed E-state index contributed by atoms with van der Waals surface area (Å²) in [5.41, 5.74) is 0. The second-order valence-corrected chi connectivity index (χ2v) is 5.63. The molecule has 0 atom stereocenters. The average Bonchev–Trinajstić information content (AvgIpc) is 2.40. The molecule has 1 saturated carbocycles. The lowest BCUT2D eigenvalue weighted by molar-refractivity contribution is -0.142. The van der Waals surface area contributed by atoms with Crippen molar-refractivity contribution in [3.63, 3.8) is 0 Å². The van der Waals surface area contributed by atoms with Crippen molar-refractivity contribution in [2.75, 3.05) is 33.2 Å². The second kappa shape index (κ2) is 6.23. The third-order valence-electron chi connectivity index (χ3n) is 4.19. The molecule has 1 saturated heterocycles. The van der Waals surface area contributed by atoms with E-state index in [4.69, 9.17) is 5.11 Å². The highest BCUT2D eigenvalue weighted by molar-refractivity contribution is 5.75. The molecule has 0 spiro atoms. The molecule has 108 valence electrons. The number of carbonyl (C=O) groups is 2.